The Hall–Kier alpha value is -3.61. The summed E-state index contributed by atoms with van der Waals surface area (Å²) in [6.45, 7) is 0. The second-order valence-corrected chi connectivity index (χ2v) is 5.48. The van der Waals surface area contributed by atoms with Crippen LogP contribution in [0.4, 0.5) is 16.0 Å². The minimum Gasteiger partial charge on any atom is -0.494 e. The number of ether oxygens (including phenoxy) is 1. The Balaban J connectivity index is 1.90. The Kier molecular flexibility index (Phi) is 4.10. The summed E-state index contributed by atoms with van der Waals surface area (Å²) in [5.41, 5.74) is 1.43. The topological polar surface area (TPSA) is 72.8 Å². The van der Waals surface area contributed by atoms with Crippen molar-refractivity contribution in [2.24, 2.45) is 0 Å². The summed E-state index contributed by atoms with van der Waals surface area (Å²) >= 11 is 0. The van der Waals surface area contributed by atoms with Crippen LogP contribution in [0, 0.1) is 5.82 Å². The number of halogens is 1. The molecular formula is C19H14FN5O. The van der Waals surface area contributed by atoms with E-state index < -0.39 is 5.82 Å². The number of nitrogens with one attached hydrogen (secondary N) is 1. The Morgan fingerprint density at radius 3 is 2.65 bits per heavy atom. The lowest BCUT2D eigenvalue weighted by atomic mass is 10.2. The number of nitrogens with zero attached hydrogens (tertiary/aromatic N) is 4. The highest BCUT2D eigenvalue weighted by atomic mass is 19.1. The van der Waals surface area contributed by atoms with Crippen LogP contribution >= 0.6 is 0 Å². The highest BCUT2D eigenvalue weighted by molar-refractivity contribution is 5.95. The summed E-state index contributed by atoms with van der Waals surface area (Å²) in [4.78, 5) is 17.4. The van der Waals surface area contributed by atoms with Gasteiger partial charge in [0.1, 0.15) is 28.7 Å². The molecule has 0 amide bonds. The summed E-state index contributed by atoms with van der Waals surface area (Å²) in [5, 5.41) is 3.90. The van der Waals surface area contributed by atoms with Crippen molar-refractivity contribution in [2.45, 2.75) is 0 Å². The molecule has 0 fully saturated rings. The van der Waals surface area contributed by atoms with E-state index >= 15 is 0 Å². The molecule has 0 spiro atoms. The van der Waals surface area contributed by atoms with Crippen LogP contribution in [0.25, 0.3) is 22.3 Å². The lowest BCUT2D eigenvalue weighted by molar-refractivity contribution is 0.419. The van der Waals surface area contributed by atoms with Gasteiger partial charge < -0.3 is 10.1 Å². The van der Waals surface area contributed by atoms with Crippen LogP contribution in [0.15, 0.2) is 61.1 Å². The lowest BCUT2D eigenvalue weighted by Crippen LogP contribution is -2.02. The summed E-state index contributed by atoms with van der Waals surface area (Å²) in [7, 11) is 1.59. The molecule has 1 N–H and O–H groups in total. The fourth-order valence-electron chi connectivity index (χ4n) is 2.58. The van der Waals surface area contributed by atoms with E-state index in [1.54, 1.807) is 25.6 Å². The summed E-state index contributed by atoms with van der Waals surface area (Å²) in [6, 6.07) is 12.2. The standard InChI is InChI=1S/C19H14FN5O/c1-26-15-6-2-5-14-17(15)24-18(12-4-3-9-21-10-12)25-19(14)23-16-8-7-13(20)11-22-16/h2-11H,1H3,(H,22,23,24,25). The van der Waals surface area contributed by atoms with Gasteiger partial charge in [0.15, 0.2) is 5.82 Å². The third-order valence-corrected chi connectivity index (χ3v) is 3.80. The molecule has 1 aromatic carbocycles. The van der Waals surface area contributed by atoms with Crippen LogP contribution in [0.2, 0.25) is 0 Å². The molecule has 3 heterocycles. The molecule has 0 saturated heterocycles. The molecule has 4 aromatic rings. The predicted octanol–water partition coefficient (Wildman–Crippen LogP) is 3.98. The van der Waals surface area contributed by atoms with E-state index in [1.165, 1.54) is 6.07 Å². The third kappa shape index (κ3) is 3.02. The van der Waals surface area contributed by atoms with Crippen molar-refractivity contribution in [3.63, 3.8) is 0 Å². The van der Waals surface area contributed by atoms with Crippen LogP contribution in [-0.2, 0) is 0 Å². The second-order valence-electron chi connectivity index (χ2n) is 5.48. The van der Waals surface area contributed by atoms with E-state index in [-0.39, 0.29) is 0 Å². The van der Waals surface area contributed by atoms with E-state index in [0.29, 0.717) is 28.7 Å². The molecule has 7 heteroatoms. The maximum absolute atomic E-state index is 13.1. The quantitative estimate of drug-likeness (QED) is 0.602. The van der Waals surface area contributed by atoms with Crippen molar-refractivity contribution in [1.29, 1.82) is 0 Å². The molecule has 0 saturated carbocycles. The monoisotopic (exact) mass is 347 g/mol. The minimum atomic E-state index is -0.402. The first-order valence-corrected chi connectivity index (χ1v) is 7.88. The highest BCUT2D eigenvalue weighted by Crippen LogP contribution is 2.31. The Bertz CT molecular complexity index is 1050. The van der Waals surface area contributed by atoms with Gasteiger partial charge in [0, 0.05) is 23.3 Å². The van der Waals surface area contributed by atoms with Gasteiger partial charge in [-0.15, -0.1) is 0 Å². The van der Waals surface area contributed by atoms with Gasteiger partial charge in [-0.1, -0.05) is 6.07 Å². The first-order chi connectivity index (χ1) is 12.7. The fraction of sp³-hybridized carbons (Fsp3) is 0.0526. The van der Waals surface area contributed by atoms with Crippen molar-refractivity contribution >= 4 is 22.5 Å². The van der Waals surface area contributed by atoms with Crippen LogP contribution < -0.4 is 10.1 Å². The molecule has 0 atom stereocenters. The van der Waals surface area contributed by atoms with E-state index in [0.717, 1.165) is 17.1 Å². The van der Waals surface area contributed by atoms with Crippen molar-refractivity contribution in [3.05, 3.63) is 66.9 Å². The molecule has 4 rings (SSSR count). The Labute approximate surface area is 148 Å². The number of anilines is 2. The molecule has 0 aliphatic rings. The summed E-state index contributed by atoms with van der Waals surface area (Å²) in [5.74, 6) is 1.75. The van der Waals surface area contributed by atoms with Gasteiger partial charge in [0.05, 0.1) is 13.3 Å². The largest absolute Gasteiger partial charge is 0.494 e. The lowest BCUT2D eigenvalue weighted by Gasteiger charge is -2.12. The normalized spacial score (nSPS) is 10.7. The van der Waals surface area contributed by atoms with Crippen molar-refractivity contribution < 1.29 is 9.13 Å². The zero-order valence-corrected chi connectivity index (χ0v) is 13.8. The van der Waals surface area contributed by atoms with Gasteiger partial charge in [-0.25, -0.2) is 19.3 Å². The molecule has 0 aliphatic heterocycles. The van der Waals surface area contributed by atoms with Gasteiger partial charge in [0.25, 0.3) is 0 Å². The molecule has 0 bridgehead atoms. The Morgan fingerprint density at radius 2 is 1.92 bits per heavy atom. The van der Waals surface area contributed by atoms with Crippen LogP contribution in [0.1, 0.15) is 0 Å². The summed E-state index contributed by atoms with van der Waals surface area (Å²) < 4.78 is 18.6. The Morgan fingerprint density at radius 1 is 1.00 bits per heavy atom. The molecule has 26 heavy (non-hydrogen) atoms. The molecule has 6 nitrogen and oxygen atoms in total. The average Bonchev–Trinajstić information content (AvgIpc) is 2.70. The number of rotatable bonds is 4. The molecular weight excluding hydrogens is 333 g/mol. The van der Waals surface area contributed by atoms with Crippen LogP contribution in [0.5, 0.6) is 5.75 Å². The average molecular weight is 347 g/mol. The van der Waals surface area contributed by atoms with Crippen LogP contribution in [-0.4, -0.2) is 27.0 Å². The maximum Gasteiger partial charge on any atom is 0.163 e. The maximum atomic E-state index is 13.1. The molecule has 0 aliphatic carbocycles. The second kappa shape index (κ2) is 6.72. The predicted molar refractivity (Wildman–Crippen MR) is 96.8 cm³/mol. The number of hydrogen-bond acceptors (Lipinski definition) is 6. The highest BCUT2D eigenvalue weighted by Gasteiger charge is 2.13. The number of methoxy groups -OCH3 is 1. The molecule has 0 unspecified atom stereocenters. The molecule has 128 valence electrons. The molecule has 0 radical (unpaired) electrons. The number of fused-ring (bicyclic) bond motifs is 1. The number of pyridine rings is 2. The van der Waals surface area contributed by atoms with E-state index in [9.17, 15) is 4.39 Å². The van der Waals surface area contributed by atoms with Crippen molar-refractivity contribution in [2.75, 3.05) is 12.4 Å². The zero-order valence-electron chi connectivity index (χ0n) is 13.8. The third-order valence-electron chi connectivity index (χ3n) is 3.80. The van der Waals surface area contributed by atoms with Crippen molar-refractivity contribution in [1.82, 2.24) is 19.9 Å². The van der Waals surface area contributed by atoms with E-state index in [1.807, 2.05) is 30.3 Å². The van der Waals surface area contributed by atoms with Gasteiger partial charge in [-0.05, 0) is 36.4 Å². The van der Waals surface area contributed by atoms with Crippen molar-refractivity contribution in [3.8, 4) is 17.1 Å². The van der Waals surface area contributed by atoms with Gasteiger partial charge >= 0.3 is 0 Å². The SMILES string of the molecule is COc1cccc2c(Nc3ccc(F)cn3)nc(-c3cccnc3)nc12. The summed E-state index contributed by atoms with van der Waals surface area (Å²) in [6.07, 6.45) is 4.53. The number of benzene rings is 1. The first kappa shape index (κ1) is 15.9. The van der Waals surface area contributed by atoms with E-state index in [2.05, 4.69) is 25.3 Å². The minimum absolute atomic E-state index is 0.402. The smallest absolute Gasteiger partial charge is 0.163 e. The van der Waals surface area contributed by atoms with Crippen LogP contribution in [0.3, 0.4) is 0 Å². The molecule has 3 aromatic heterocycles. The number of hydrogen-bond donors (Lipinski definition) is 1. The van der Waals surface area contributed by atoms with Gasteiger partial charge in [-0.2, -0.15) is 0 Å². The first-order valence-electron chi connectivity index (χ1n) is 7.88. The zero-order chi connectivity index (χ0) is 17.9. The number of aromatic nitrogens is 4. The fourth-order valence-corrected chi connectivity index (χ4v) is 2.58. The van der Waals surface area contributed by atoms with Gasteiger partial charge in [-0.3, -0.25) is 4.98 Å². The van der Waals surface area contributed by atoms with E-state index in [4.69, 9.17) is 4.74 Å². The van der Waals surface area contributed by atoms with Gasteiger partial charge in [0.2, 0.25) is 0 Å². The number of para-hydroxylation sites is 1.